The predicted molar refractivity (Wildman–Crippen MR) is 89.4 cm³/mol. The lowest BCUT2D eigenvalue weighted by atomic mass is 10.2. The fourth-order valence-electron chi connectivity index (χ4n) is 2.69. The second kappa shape index (κ2) is 8.90. The molecule has 0 aromatic heterocycles. The summed E-state index contributed by atoms with van der Waals surface area (Å²) in [6, 6.07) is 8.39. The third-order valence-electron chi connectivity index (χ3n) is 4.12. The molecule has 0 atom stereocenters. The summed E-state index contributed by atoms with van der Waals surface area (Å²) in [6.45, 7) is 10.2. The quantitative estimate of drug-likeness (QED) is 0.743. The van der Waals surface area contributed by atoms with Crippen molar-refractivity contribution < 1.29 is 4.74 Å². The van der Waals surface area contributed by atoms with Crippen LogP contribution in [0.1, 0.15) is 19.8 Å². The Hall–Kier alpha value is -1.26. The highest BCUT2D eigenvalue weighted by atomic mass is 16.5. The summed E-state index contributed by atoms with van der Waals surface area (Å²) >= 11 is 0. The van der Waals surface area contributed by atoms with Crippen LogP contribution in [-0.4, -0.2) is 57.8 Å². The number of nitrogens with one attached hydrogen (secondary N) is 1. The van der Waals surface area contributed by atoms with Gasteiger partial charge in [-0.25, -0.2) is 0 Å². The minimum absolute atomic E-state index is 0.926. The molecule has 1 fully saturated rings. The summed E-state index contributed by atoms with van der Waals surface area (Å²) in [5.41, 5.74) is 1.30. The van der Waals surface area contributed by atoms with Gasteiger partial charge in [-0.05, 0) is 37.2 Å². The van der Waals surface area contributed by atoms with Gasteiger partial charge in [0.25, 0.3) is 0 Å². The third-order valence-corrected chi connectivity index (χ3v) is 4.12. The van der Waals surface area contributed by atoms with Gasteiger partial charge in [0, 0.05) is 45.0 Å². The predicted octanol–water partition coefficient (Wildman–Crippen LogP) is 2.21. The number of rotatable bonds is 8. The zero-order valence-electron chi connectivity index (χ0n) is 13.5. The minimum atomic E-state index is 0.926. The number of hydrogen-bond donors (Lipinski definition) is 1. The Morgan fingerprint density at radius 1 is 1.05 bits per heavy atom. The van der Waals surface area contributed by atoms with E-state index in [2.05, 4.69) is 34.2 Å². The minimum Gasteiger partial charge on any atom is -0.497 e. The van der Waals surface area contributed by atoms with Crippen LogP contribution >= 0.6 is 0 Å². The van der Waals surface area contributed by atoms with E-state index < -0.39 is 0 Å². The van der Waals surface area contributed by atoms with Gasteiger partial charge < -0.3 is 15.0 Å². The van der Waals surface area contributed by atoms with Crippen LogP contribution in [0.25, 0.3) is 0 Å². The fourth-order valence-corrected chi connectivity index (χ4v) is 2.69. The average molecular weight is 291 g/mol. The average Bonchev–Trinajstić information content (AvgIpc) is 2.55. The van der Waals surface area contributed by atoms with Gasteiger partial charge in [0.2, 0.25) is 0 Å². The first-order valence-corrected chi connectivity index (χ1v) is 8.15. The van der Waals surface area contributed by atoms with Crippen molar-refractivity contribution in [1.82, 2.24) is 10.2 Å². The van der Waals surface area contributed by atoms with Crippen molar-refractivity contribution in [3.8, 4) is 5.75 Å². The summed E-state index contributed by atoms with van der Waals surface area (Å²) in [5, 5.41) is 3.52. The van der Waals surface area contributed by atoms with Crippen LogP contribution in [0, 0.1) is 0 Å². The van der Waals surface area contributed by atoms with Crippen molar-refractivity contribution in [2.45, 2.75) is 19.8 Å². The van der Waals surface area contributed by atoms with E-state index >= 15 is 0 Å². The maximum absolute atomic E-state index is 5.21. The summed E-state index contributed by atoms with van der Waals surface area (Å²) in [7, 11) is 1.71. The molecular formula is C17H29N3O. The summed E-state index contributed by atoms with van der Waals surface area (Å²) in [6.07, 6.45) is 2.55. The van der Waals surface area contributed by atoms with Gasteiger partial charge in [-0.15, -0.1) is 0 Å². The van der Waals surface area contributed by atoms with E-state index in [1.54, 1.807) is 7.11 Å². The van der Waals surface area contributed by atoms with Crippen molar-refractivity contribution in [3.05, 3.63) is 24.3 Å². The lowest BCUT2D eigenvalue weighted by Gasteiger charge is -2.36. The Kier molecular flexibility index (Phi) is 6.83. The number of unbranched alkanes of at least 4 members (excludes halogenated alkanes) is 1. The molecule has 0 unspecified atom stereocenters. The number of piperazine rings is 1. The standard InChI is InChI=1S/C17H29N3O/c1-3-4-9-18-10-11-19-12-14-20(15-13-19)16-5-7-17(21-2)8-6-16/h5-8,18H,3-4,9-15H2,1-2H3. The van der Waals surface area contributed by atoms with Gasteiger partial charge in [-0.2, -0.15) is 0 Å². The molecule has 21 heavy (non-hydrogen) atoms. The topological polar surface area (TPSA) is 27.7 Å². The molecule has 1 aliphatic heterocycles. The van der Waals surface area contributed by atoms with Crippen molar-refractivity contribution in [3.63, 3.8) is 0 Å². The van der Waals surface area contributed by atoms with E-state index in [1.165, 1.54) is 25.1 Å². The number of hydrogen-bond acceptors (Lipinski definition) is 4. The maximum Gasteiger partial charge on any atom is 0.119 e. The zero-order chi connectivity index (χ0) is 14.9. The van der Waals surface area contributed by atoms with E-state index in [4.69, 9.17) is 4.74 Å². The molecule has 0 bridgehead atoms. The largest absolute Gasteiger partial charge is 0.497 e. The molecule has 1 saturated heterocycles. The first-order chi connectivity index (χ1) is 10.3. The maximum atomic E-state index is 5.21. The number of benzene rings is 1. The van der Waals surface area contributed by atoms with Crippen molar-refractivity contribution in [1.29, 1.82) is 0 Å². The van der Waals surface area contributed by atoms with E-state index in [1.807, 2.05) is 12.1 Å². The molecular weight excluding hydrogens is 262 g/mol. The molecule has 1 heterocycles. The van der Waals surface area contributed by atoms with Gasteiger partial charge >= 0.3 is 0 Å². The highest BCUT2D eigenvalue weighted by molar-refractivity contribution is 5.49. The van der Waals surface area contributed by atoms with Crippen LogP contribution in [0.15, 0.2) is 24.3 Å². The lowest BCUT2D eigenvalue weighted by molar-refractivity contribution is 0.257. The van der Waals surface area contributed by atoms with Crippen molar-refractivity contribution in [2.24, 2.45) is 0 Å². The molecule has 2 rings (SSSR count). The van der Waals surface area contributed by atoms with E-state index in [9.17, 15) is 0 Å². The van der Waals surface area contributed by atoms with E-state index in [0.717, 1.165) is 45.0 Å². The van der Waals surface area contributed by atoms with Crippen molar-refractivity contribution in [2.75, 3.05) is 57.8 Å². The van der Waals surface area contributed by atoms with Gasteiger partial charge in [0.1, 0.15) is 5.75 Å². The zero-order valence-corrected chi connectivity index (χ0v) is 13.5. The molecule has 0 saturated carbocycles. The highest BCUT2D eigenvalue weighted by Gasteiger charge is 2.16. The molecule has 4 heteroatoms. The fraction of sp³-hybridized carbons (Fsp3) is 0.647. The van der Waals surface area contributed by atoms with Crippen LogP contribution in [0.2, 0.25) is 0 Å². The molecule has 0 amide bonds. The molecule has 0 aliphatic carbocycles. The molecule has 4 nitrogen and oxygen atoms in total. The van der Waals surface area contributed by atoms with Gasteiger partial charge in [-0.3, -0.25) is 4.90 Å². The first kappa shape index (κ1) is 16.1. The number of anilines is 1. The monoisotopic (exact) mass is 291 g/mol. The van der Waals surface area contributed by atoms with Crippen LogP contribution < -0.4 is 15.0 Å². The van der Waals surface area contributed by atoms with E-state index in [-0.39, 0.29) is 0 Å². The Morgan fingerprint density at radius 2 is 1.76 bits per heavy atom. The number of ether oxygens (including phenoxy) is 1. The normalized spacial score (nSPS) is 16.2. The lowest BCUT2D eigenvalue weighted by Crippen LogP contribution is -2.48. The second-order valence-electron chi connectivity index (χ2n) is 5.63. The van der Waals surface area contributed by atoms with Gasteiger partial charge in [0.15, 0.2) is 0 Å². The Balaban J connectivity index is 1.67. The van der Waals surface area contributed by atoms with Gasteiger partial charge in [-0.1, -0.05) is 13.3 Å². The molecule has 1 aromatic carbocycles. The Labute approximate surface area is 129 Å². The molecule has 1 aliphatic rings. The Bertz CT molecular complexity index is 386. The summed E-state index contributed by atoms with van der Waals surface area (Å²) in [4.78, 5) is 5.01. The van der Waals surface area contributed by atoms with Crippen LogP contribution in [0.4, 0.5) is 5.69 Å². The molecule has 0 radical (unpaired) electrons. The first-order valence-electron chi connectivity index (χ1n) is 8.15. The van der Waals surface area contributed by atoms with Crippen LogP contribution in [-0.2, 0) is 0 Å². The Morgan fingerprint density at radius 3 is 2.38 bits per heavy atom. The van der Waals surface area contributed by atoms with Crippen LogP contribution in [0.3, 0.4) is 0 Å². The van der Waals surface area contributed by atoms with Gasteiger partial charge in [0.05, 0.1) is 7.11 Å². The molecule has 0 spiro atoms. The number of nitrogens with zero attached hydrogens (tertiary/aromatic N) is 2. The molecule has 118 valence electrons. The third kappa shape index (κ3) is 5.21. The second-order valence-corrected chi connectivity index (χ2v) is 5.63. The van der Waals surface area contributed by atoms with E-state index in [0.29, 0.717) is 0 Å². The van der Waals surface area contributed by atoms with Crippen LogP contribution in [0.5, 0.6) is 5.75 Å². The summed E-state index contributed by atoms with van der Waals surface area (Å²) < 4.78 is 5.21. The molecule has 1 N–H and O–H groups in total. The highest BCUT2D eigenvalue weighted by Crippen LogP contribution is 2.20. The number of methoxy groups -OCH3 is 1. The SMILES string of the molecule is CCCCNCCN1CCN(c2ccc(OC)cc2)CC1. The molecule has 1 aromatic rings. The summed E-state index contributed by atoms with van der Waals surface area (Å²) in [5.74, 6) is 0.926. The van der Waals surface area contributed by atoms with Crippen molar-refractivity contribution >= 4 is 5.69 Å². The smallest absolute Gasteiger partial charge is 0.119 e.